The van der Waals surface area contributed by atoms with Crippen molar-refractivity contribution in [1.82, 2.24) is 9.97 Å². The van der Waals surface area contributed by atoms with Crippen molar-refractivity contribution in [2.75, 3.05) is 5.32 Å². The zero-order valence-electron chi connectivity index (χ0n) is 8.52. The second-order valence-corrected chi connectivity index (χ2v) is 4.35. The molecule has 0 saturated carbocycles. The van der Waals surface area contributed by atoms with Crippen LogP contribution in [-0.2, 0) is 0 Å². The average molecular weight is 369 g/mol. The summed E-state index contributed by atoms with van der Waals surface area (Å²) in [5.74, 6) is -5.94. The third-order valence-electron chi connectivity index (χ3n) is 2.02. The highest BCUT2D eigenvalue weighted by molar-refractivity contribution is 14.1. The summed E-state index contributed by atoms with van der Waals surface area (Å²) in [4.78, 5) is 7.38. The first-order valence-electron chi connectivity index (χ1n) is 4.56. The van der Waals surface area contributed by atoms with Crippen LogP contribution in [0.1, 0.15) is 0 Å². The predicted octanol–water partition coefficient (Wildman–Crippen LogP) is 3.38. The van der Waals surface area contributed by atoms with E-state index in [1.54, 1.807) is 0 Å². The zero-order chi connectivity index (χ0) is 13.3. The average Bonchev–Trinajstić information content (AvgIpc) is 2.34. The highest BCUT2D eigenvalue weighted by Crippen LogP contribution is 2.27. The van der Waals surface area contributed by atoms with Crippen LogP contribution in [0.15, 0.2) is 18.6 Å². The number of nitrogens with one attached hydrogen (secondary N) is 1. The molecular weight excluding hydrogens is 365 g/mol. The molecule has 0 aliphatic carbocycles. The molecule has 0 aliphatic rings. The molecule has 18 heavy (non-hydrogen) atoms. The van der Waals surface area contributed by atoms with Crippen molar-refractivity contribution in [3.63, 3.8) is 0 Å². The van der Waals surface area contributed by atoms with Gasteiger partial charge in [0.15, 0.2) is 23.3 Å². The van der Waals surface area contributed by atoms with E-state index in [-0.39, 0.29) is 11.9 Å². The third-order valence-corrected chi connectivity index (χ3v) is 2.81. The summed E-state index contributed by atoms with van der Waals surface area (Å²) in [6.07, 6.45) is 2.51. The molecule has 0 radical (unpaired) electrons. The second-order valence-electron chi connectivity index (χ2n) is 3.19. The summed E-state index contributed by atoms with van der Waals surface area (Å²) in [6.45, 7) is 0. The Kier molecular flexibility index (Phi) is 3.64. The SMILES string of the molecule is Fc1cc(F)c(F)c(Nc2ncncc2I)c1F. The number of anilines is 2. The highest BCUT2D eigenvalue weighted by Gasteiger charge is 2.20. The minimum atomic E-state index is -1.51. The van der Waals surface area contributed by atoms with E-state index in [4.69, 9.17) is 0 Å². The third kappa shape index (κ3) is 2.37. The molecule has 2 aromatic rings. The van der Waals surface area contributed by atoms with E-state index in [9.17, 15) is 17.6 Å². The fourth-order valence-corrected chi connectivity index (χ4v) is 1.64. The lowest BCUT2D eigenvalue weighted by Gasteiger charge is -2.10. The molecule has 0 aliphatic heterocycles. The number of aromatic nitrogens is 2. The van der Waals surface area contributed by atoms with Gasteiger partial charge in [0.1, 0.15) is 17.8 Å². The van der Waals surface area contributed by atoms with Gasteiger partial charge >= 0.3 is 0 Å². The van der Waals surface area contributed by atoms with Crippen LogP contribution < -0.4 is 5.32 Å². The van der Waals surface area contributed by atoms with Crippen LogP contribution in [0.25, 0.3) is 0 Å². The molecule has 1 N–H and O–H groups in total. The van der Waals surface area contributed by atoms with Gasteiger partial charge in [-0.2, -0.15) is 0 Å². The molecule has 94 valence electrons. The van der Waals surface area contributed by atoms with E-state index in [1.807, 2.05) is 22.6 Å². The maximum atomic E-state index is 13.4. The number of hydrogen-bond acceptors (Lipinski definition) is 3. The molecular formula is C10H4F4IN3. The molecule has 0 saturated heterocycles. The standard InChI is InChI=1S/C10H4F4IN3/c11-4-1-5(12)8(14)9(7(4)13)18-10-6(15)2-16-3-17-10/h1-3H,(H,16,17,18). The Labute approximate surface area is 112 Å². The van der Waals surface area contributed by atoms with E-state index in [0.29, 0.717) is 3.57 Å². The molecule has 0 unspecified atom stereocenters. The van der Waals surface area contributed by atoms with Crippen molar-refractivity contribution in [1.29, 1.82) is 0 Å². The highest BCUT2D eigenvalue weighted by atomic mass is 127. The molecule has 1 aromatic heterocycles. The van der Waals surface area contributed by atoms with Gasteiger partial charge in [0, 0.05) is 12.3 Å². The molecule has 3 nitrogen and oxygen atoms in total. The van der Waals surface area contributed by atoms with Crippen molar-refractivity contribution in [3.8, 4) is 0 Å². The largest absolute Gasteiger partial charge is 0.334 e. The van der Waals surface area contributed by atoms with Crippen LogP contribution in [0.2, 0.25) is 0 Å². The van der Waals surface area contributed by atoms with Gasteiger partial charge in [-0.15, -0.1) is 0 Å². The van der Waals surface area contributed by atoms with Gasteiger partial charge in [0.05, 0.1) is 3.57 Å². The number of nitrogens with zero attached hydrogens (tertiary/aromatic N) is 2. The van der Waals surface area contributed by atoms with Crippen LogP contribution in [-0.4, -0.2) is 9.97 Å². The summed E-state index contributed by atoms with van der Waals surface area (Å²) in [5.41, 5.74) is -0.927. The summed E-state index contributed by atoms with van der Waals surface area (Å²) in [6, 6.07) is 0.140. The summed E-state index contributed by atoms with van der Waals surface area (Å²) in [5, 5.41) is 2.20. The van der Waals surface area contributed by atoms with Crippen LogP contribution in [0.3, 0.4) is 0 Å². The van der Waals surface area contributed by atoms with Crippen molar-refractivity contribution in [2.45, 2.75) is 0 Å². The fourth-order valence-electron chi connectivity index (χ4n) is 1.21. The summed E-state index contributed by atoms with van der Waals surface area (Å²) in [7, 11) is 0. The minimum absolute atomic E-state index is 0.0494. The Morgan fingerprint density at radius 2 is 1.67 bits per heavy atom. The lowest BCUT2D eigenvalue weighted by atomic mass is 10.2. The molecule has 2 rings (SSSR count). The Hall–Kier alpha value is -1.45. The lowest BCUT2D eigenvalue weighted by Crippen LogP contribution is -2.05. The number of rotatable bonds is 2. The Balaban J connectivity index is 2.50. The van der Waals surface area contributed by atoms with Crippen LogP contribution in [0.4, 0.5) is 29.1 Å². The van der Waals surface area contributed by atoms with E-state index >= 15 is 0 Å². The van der Waals surface area contributed by atoms with E-state index in [2.05, 4.69) is 15.3 Å². The smallest absolute Gasteiger partial charge is 0.185 e. The first kappa shape index (κ1) is 13.0. The van der Waals surface area contributed by atoms with Crippen molar-refractivity contribution >= 4 is 34.1 Å². The van der Waals surface area contributed by atoms with Gasteiger partial charge in [-0.05, 0) is 22.6 Å². The van der Waals surface area contributed by atoms with Gasteiger partial charge in [-0.3, -0.25) is 0 Å². The summed E-state index contributed by atoms with van der Waals surface area (Å²) >= 11 is 1.81. The molecule has 8 heteroatoms. The Morgan fingerprint density at radius 1 is 1.06 bits per heavy atom. The Morgan fingerprint density at radius 3 is 2.22 bits per heavy atom. The maximum absolute atomic E-state index is 13.4. The van der Waals surface area contributed by atoms with Crippen molar-refractivity contribution in [2.24, 2.45) is 0 Å². The number of halogens is 5. The number of hydrogen-bond donors (Lipinski definition) is 1. The van der Waals surface area contributed by atoms with Crippen LogP contribution >= 0.6 is 22.6 Å². The van der Waals surface area contributed by atoms with E-state index < -0.39 is 29.0 Å². The topological polar surface area (TPSA) is 37.8 Å². The van der Waals surface area contributed by atoms with Gasteiger partial charge in [0.2, 0.25) is 0 Å². The van der Waals surface area contributed by atoms with Gasteiger partial charge in [-0.1, -0.05) is 0 Å². The van der Waals surface area contributed by atoms with Crippen molar-refractivity contribution < 1.29 is 17.6 Å². The van der Waals surface area contributed by atoms with Crippen LogP contribution in [0, 0.1) is 26.8 Å². The van der Waals surface area contributed by atoms with Crippen LogP contribution in [0.5, 0.6) is 0 Å². The van der Waals surface area contributed by atoms with Gasteiger partial charge in [0.25, 0.3) is 0 Å². The first-order valence-corrected chi connectivity index (χ1v) is 5.64. The molecule has 0 bridgehead atoms. The monoisotopic (exact) mass is 369 g/mol. The van der Waals surface area contributed by atoms with Crippen molar-refractivity contribution in [3.05, 3.63) is 45.4 Å². The molecule has 1 aromatic carbocycles. The minimum Gasteiger partial charge on any atom is -0.334 e. The van der Waals surface area contributed by atoms with Gasteiger partial charge in [-0.25, -0.2) is 27.5 Å². The quantitative estimate of drug-likeness (QED) is 0.501. The lowest BCUT2D eigenvalue weighted by molar-refractivity contribution is 0.459. The number of benzene rings is 1. The maximum Gasteiger partial charge on any atom is 0.185 e. The van der Waals surface area contributed by atoms with Gasteiger partial charge < -0.3 is 5.32 Å². The van der Waals surface area contributed by atoms with E-state index in [1.165, 1.54) is 6.20 Å². The Bertz CT molecular complexity index is 580. The fraction of sp³-hybridized carbons (Fsp3) is 0. The van der Waals surface area contributed by atoms with E-state index in [0.717, 1.165) is 6.33 Å². The normalized spacial score (nSPS) is 10.5. The molecule has 0 atom stereocenters. The summed E-state index contributed by atoms with van der Waals surface area (Å²) < 4.78 is 53.1. The molecule has 1 heterocycles. The predicted molar refractivity (Wildman–Crippen MR) is 64.3 cm³/mol. The molecule has 0 fully saturated rings. The molecule has 0 amide bonds. The second kappa shape index (κ2) is 5.04. The molecule has 0 spiro atoms. The first-order chi connectivity index (χ1) is 8.50. The zero-order valence-corrected chi connectivity index (χ0v) is 10.7.